The van der Waals surface area contributed by atoms with Crippen LogP contribution in [-0.4, -0.2) is 29.6 Å². The lowest BCUT2D eigenvalue weighted by Gasteiger charge is -2.22. The summed E-state index contributed by atoms with van der Waals surface area (Å²) in [6.45, 7) is 6.56. The van der Waals surface area contributed by atoms with Crippen LogP contribution in [0.4, 0.5) is 0 Å². The van der Waals surface area contributed by atoms with Crippen LogP contribution < -0.4 is 4.74 Å². The number of ether oxygens (including phenoxy) is 2. The Kier molecular flexibility index (Phi) is 8.85. The zero-order valence-corrected chi connectivity index (χ0v) is 17.5. The van der Waals surface area contributed by atoms with E-state index in [-0.39, 0.29) is 27.1 Å². The summed E-state index contributed by atoms with van der Waals surface area (Å²) in [4.78, 5) is 34.4. The van der Waals surface area contributed by atoms with Crippen LogP contribution in [0, 0.1) is 5.41 Å². The summed E-state index contributed by atoms with van der Waals surface area (Å²) in [5.74, 6) is -4.89. The quantitative estimate of drug-likeness (QED) is 0.192. The molecule has 1 N–H and O–H groups in total. The van der Waals surface area contributed by atoms with E-state index in [0.29, 0.717) is 6.42 Å². The summed E-state index contributed by atoms with van der Waals surface area (Å²) in [6.07, 6.45) is 3.51. The van der Waals surface area contributed by atoms with E-state index >= 15 is 0 Å². The van der Waals surface area contributed by atoms with Gasteiger partial charge in [0.15, 0.2) is 5.75 Å². The van der Waals surface area contributed by atoms with Gasteiger partial charge in [0.05, 0.1) is 21.7 Å². The lowest BCUT2D eigenvalue weighted by Crippen LogP contribution is -2.21. The summed E-state index contributed by atoms with van der Waals surface area (Å²) >= 11 is 17.8. The van der Waals surface area contributed by atoms with Crippen molar-refractivity contribution < 1.29 is 29.0 Å². The van der Waals surface area contributed by atoms with Crippen LogP contribution in [0.15, 0.2) is 6.07 Å². The van der Waals surface area contributed by atoms with Crippen molar-refractivity contribution in [3.8, 4) is 5.75 Å². The van der Waals surface area contributed by atoms with E-state index in [1.165, 1.54) is 0 Å². The molecule has 0 saturated heterocycles. The molecular formula is C18H21Cl3O6. The van der Waals surface area contributed by atoms with Crippen LogP contribution in [0.1, 0.15) is 56.8 Å². The fraction of sp³-hybridized carbons (Fsp3) is 0.500. The van der Waals surface area contributed by atoms with Crippen molar-refractivity contribution in [1.82, 2.24) is 0 Å². The molecule has 9 heteroatoms. The second-order valence-electron chi connectivity index (χ2n) is 6.66. The van der Waals surface area contributed by atoms with Gasteiger partial charge in [-0.15, -0.1) is 0 Å². The first kappa shape index (κ1) is 23.5. The Morgan fingerprint density at radius 2 is 1.74 bits per heavy atom. The second-order valence-corrected chi connectivity index (χ2v) is 7.86. The van der Waals surface area contributed by atoms with Crippen LogP contribution in [0.5, 0.6) is 5.75 Å². The predicted octanol–water partition coefficient (Wildman–Crippen LogP) is 5.40. The monoisotopic (exact) mass is 438 g/mol. The molecule has 1 aromatic carbocycles. The molecular weight excluding hydrogens is 419 g/mol. The number of halogens is 3. The minimum absolute atomic E-state index is 0.0616. The van der Waals surface area contributed by atoms with Gasteiger partial charge in [-0.25, -0.2) is 14.4 Å². The SMILES string of the molecule is CCC(C)(C)CCCCOC(=O)c1c(Cl)c(Cl)cc(Cl)c1OC(=O)C(=O)O. The highest BCUT2D eigenvalue weighted by Crippen LogP contribution is 2.40. The topological polar surface area (TPSA) is 89.9 Å². The first-order valence-electron chi connectivity index (χ1n) is 8.30. The van der Waals surface area contributed by atoms with E-state index in [0.717, 1.165) is 25.3 Å². The molecule has 0 unspecified atom stereocenters. The van der Waals surface area contributed by atoms with Crippen molar-refractivity contribution in [3.05, 3.63) is 26.7 Å². The van der Waals surface area contributed by atoms with Crippen molar-refractivity contribution in [2.24, 2.45) is 5.41 Å². The van der Waals surface area contributed by atoms with Gasteiger partial charge in [0, 0.05) is 0 Å². The molecule has 0 heterocycles. The number of carboxylic acid groups (broad SMARTS) is 1. The van der Waals surface area contributed by atoms with Crippen LogP contribution >= 0.6 is 34.8 Å². The Labute approximate surface area is 172 Å². The first-order chi connectivity index (χ1) is 12.5. The number of benzene rings is 1. The Balaban J connectivity index is 2.89. The van der Waals surface area contributed by atoms with Gasteiger partial charge in [0.25, 0.3) is 0 Å². The van der Waals surface area contributed by atoms with Crippen molar-refractivity contribution in [2.75, 3.05) is 6.61 Å². The Hall–Kier alpha value is -1.50. The van der Waals surface area contributed by atoms with Gasteiger partial charge in [-0.05, 0) is 30.7 Å². The molecule has 0 amide bonds. The van der Waals surface area contributed by atoms with Gasteiger partial charge in [-0.2, -0.15) is 0 Å². The number of aliphatic carboxylic acids is 1. The number of rotatable bonds is 8. The highest BCUT2D eigenvalue weighted by molar-refractivity contribution is 6.46. The summed E-state index contributed by atoms with van der Waals surface area (Å²) in [6, 6.07) is 1.14. The number of hydrogen-bond donors (Lipinski definition) is 1. The summed E-state index contributed by atoms with van der Waals surface area (Å²) in [5, 5.41) is 8.14. The third-order valence-electron chi connectivity index (χ3n) is 4.14. The average molecular weight is 440 g/mol. The Bertz CT molecular complexity index is 730. The minimum Gasteiger partial charge on any atom is -0.473 e. The molecule has 1 aromatic rings. The second kappa shape index (κ2) is 10.2. The number of carboxylic acids is 1. The fourth-order valence-electron chi connectivity index (χ4n) is 2.12. The molecule has 0 aliphatic heterocycles. The number of hydrogen-bond acceptors (Lipinski definition) is 5. The molecule has 150 valence electrons. The average Bonchev–Trinajstić information content (AvgIpc) is 2.59. The van der Waals surface area contributed by atoms with E-state index in [4.69, 9.17) is 44.6 Å². The molecule has 0 saturated carbocycles. The predicted molar refractivity (Wildman–Crippen MR) is 103 cm³/mol. The number of carbonyl (C=O) groups is 3. The highest BCUT2D eigenvalue weighted by Gasteiger charge is 2.27. The van der Waals surface area contributed by atoms with E-state index < -0.39 is 29.2 Å². The highest BCUT2D eigenvalue weighted by atomic mass is 35.5. The third kappa shape index (κ3) is 6.87. The zero-order valence-electron chi connectivity index (χ0n) is 15.2. The van der Waals surface area contributed by atoms with E-state index in [2.05, 4.69) is 25.5 Å². The zero-order chi connectivity index (χ0) is 20.8. The largest absolute Gasteiger partial charge is 0.473 e. The molecule has 0 radical (unpaired) electrons. The summed E-state index contributed by atoms with van der Waals surface area (Å²) in [5.41, 5.74) is -0.177. The molecule has 0 fully saturated rings. The molecule has 0 aromatic heterocycles. The van der Waals surface area contributed by atoms with E-state index in [9.17, 15) is 14.4 Å². The summed E-state index contributed by atoms with van der Waals surface area (Å²) in [7, 11) is 0. The normalized spacial score (nSPS) is 11.2. The minimum atomic E-state index is -1.85. The van der Waals surface area contributed by atoms with Gasteiger partial charge in [0.1, 0.15) is 5.56 Å². The van der Waals surface area contributed by atoms with Gasteiger partial charge in [-0.3, -0.25) is 0 Å². The van der Waals surface area contributed by atoms with Crippen LogP contribution in [-0.2, 0) is 14.3 Å². The molecule has 0 spiro atoms. The molecule has 0 atom stereocenters. The Morgan fingerprint density at radius 1 is 1.11 bits per heavy atom. The van der Waals surface area contributed by atoms with Crippen LogP contribution in [0.25, 0.3) is 0 Å². The van der Waals surface area contributed by atoms with Crippen molar-refractivity contribution in [2.45, 2.75) is 46.5 Å². The maximum atomic E-state index is 12.4. The molecule has 0 aliphatic carbocycles. The molecule has 27 heavy (non-hydrogen) atoms. The van der Waals surface area contributed by atoms with Crippen molar-refractivity contribution in [1.29, 1.82) is 0 Å². The summed E-state index contributed by atoms with van der Waals surface area (Å²) < 4.78 is 9.84. The lowest BCUT2D eigenvalue weighted by molar-refractivity contribution is -0.158. The van der Waals surface area contributed by atoms with Gasteiger partial charge < -0.3 is 14.6 Å². The smallest absolute Gasteiger partial charge is 0.422 e. The van der Waals surface area contributed by atoms with E-state index in [1.807, 2.05) is 0 Å². The van der Waals surface area contributed by atoms with Crippen LogP contribution in [0.2, 0.25) is 15.1 Å². The maximum absolute atomic E-state index is 12.4. The standard InChI is InChI=1S/C18H21Cl3O6/c1-4-18(2,3)7-5-6-8-26-16(24)12-13(21)10(19)9-11(20)14(12)27-17(25)15(22)23/h9H,4-8H2,1-3H3,(H,22,23). The van der Waals surface area contributed by atoms with Crippen molar-refractivity contribution >= 4 is 52.7 Å². The van der Waals surface area contributed by atoms with Gasteiger partial charge in [-0.1, -0.05) is 62.0 Å². The first-order valence-corrected chi connectivity index (χ1v) is 9.43. The Morgan fingerprint density at radius 3 is 2.30 bits per heavy atom. The number of unbranched alkanes of at least 4 members (excludes halogenated alkanes) is 1. The fourth-order valence-corrected chi connectivity index (χ4v) is 2.84. The van der Waals surface area contributed by atoms with E-state index in [1.54, 1.807) is 0 Å². The number of carbonyl (C=O) groups excluding carboxylic acids is 2. The molecule has 6 nitrogen and oxygen atoms in total. The van der Waals surface area contributed by atoms with Crippen molar-refractivity contribution in [3.63, 3.8) is 0 Å². The maximum Gasteiger partial charge on any atom is 0.422 e. The molecule has 0 aliphatic rings. The van der Waals surface area contributed by atoms with Gasteiger partial charge >= 0.3 is 17.9 Å². The molecule has 0 bridgehead atoms. The third-order valence-corrected chi connectivity index (χ3v) is 5.21. The number of esters is 2. The van der Waals surface area contributed by atoms with Gasteiger partial charge in [0.2, 0.25) is 0 Å². The molecule has 1 rings (SSSR count). The lowest BCUT2D eigenvalue weighted by atomic mass is 9.85. The van der Waals surface area contributed by atoms with Crippen LogP contribution in [0.3, 0.4) is 0 Å².